The highest BCUT2D eigenvalue weighted by Gasteiger charge is 2.05. The first-order valence-electron chi connectivity index (χ1n) is 4.64. The molecule has 0 aliphatic heterocycles. The monoisotopic (exact) mass is 234 g/mol. The van der Waals surface area contributed by atoms with Gasteiger partial charge in [-0.25, -0.2) is 19.2 Å². The number of carboxylic acid groups (broad SMARTS) is 1. The number of benzene rings is 1. The van der Waals surface area contributed by atoms with Gasteiger partial charge in [-0.3, -0.25) is 0 Å². The molecule has 86 valence electrons. The molecule has 0 atom stereocenters. The molecule has 0 spiro atoms. The number of hydrogen-bond donors (Lipinski definition) is 1. The highest BCUT2D eigenvalue weighted by atomic mass is 19.1. The highest BCUT2D eigenvalue weighted by Crippen LogP contribution is 2.17. The predicted octanol–water partition coefficient (Wildman–Crippen LogP) is 2.11. The Hall–Kier alpha value is -2.50. The van der Waals surface area contributed by atoms with E-state index in [9.17, 15) is 9.18 Å². The van der Waals surface area contributed by atoms with Crippen molar-refractivity contribution in [2.45, 2.75) is 0 Å². The van der Waals surface area contributed by atoms with E-state index in [1.165, 1.54) is 24.3 Å². The molecule has 6 heteroatoms. The zero-order valence-corrected chi connectivity index (χ0v) is 8.50. The van der Waals surface area contributed by atoms with Crippen LogP contribution in [0.1, 0.15) is 10.4 Å². The summed E-state index contributed by atoms with van der Waals surface area (Å²) in [7, 11) is 0. The minimum atomic E-state index is -1.11. The zero-order valence-electron chi connectivity index (χ0n) is 8.50. The molecular formula is C11H7FN2O3. The molecule has 0 unspecified atom stereocenters. The van der Waals surface area contributed by atoms with Crippen molar-refractivity contribution in [3.05, 3.63) is 48.0 Å². The Balaban J connectivity index is 2.13. The number of hydrogen-bond acceptors (Lipinski definition) is 4. The lowest BCUT2D eigenvalue weighted by Gasteiger charge is -2.02. The first-order valence-corrected chi connectivity index (χ1v) is 4.64. The molecule has 17 heavy (non-hydrogen) atoms. The summed E-state index contributed by atoms with van der Waals surface area (Å²) in [4.78, 5) is 18.0. The van der Waals surface area contributed by atoms with E-state index in [2.05, 4.69) is 9.97 Å². The van der Waals surface area contributed by atoms with Gasteiger partial charge >= 0.3 is 12.0 Å². The lowest BCUT2D eigenvalue weighted by Crippen LogP contribution is -1.99. The summed E-state index contributed by atoms with van der Waals surface area (Å²) in [5.41, 5.74) is -0.0311. The Bertz CT molecular complexity index is 525. The van der Waals surface area contributed by atoms with E-state index in [0.29, 0.717) is 5.75 Å². The summed E-state index contributed by atoms with van der Waals surface area (Å²) in [6.07, 6.45) is 2.27. The number of rotatable bonds is 3. The third kappa shape index (κ3) is 2.75. The minimum Gasteiger partial charge on any atom is -0.478 e. The fourth-order valence-corrected chi connectivity index (χ4v) is 1.09. The van der Waals surface area contributed by atoms with Gasteiger partial charge in [0.2, 0.25) is 0 Å². The van der Waals surface area contributed by atoms with E-state index >= 15 is 0 Å². The van der Waals surface area contributed by atoms with Gasteiger partial charge in [-0.2, -0.15) is 0 Å². The van der Waals surface area contributed by atoms with Gasteiger partial charge in [0.1, 0.15) is 11.6 Å². The highest BCUT2D eigenvalue weighted by molar-refractivity contribution is 5.86. The van der Waals surface area contributed by atoms with Crippen LogP contribution in [0.4, 0.5) is 4.39 Å². The Morgan fingerprint density at radius 2 is 1.76 bits per heavy atom. The van der Waals surface area contributed by atoms with E-state index in [1.807, 2.05) is 0 Å². The molecule has 1 N–H and O–H groups in total. The number of carbonyl (C=O) groups is 1. The third-order valence-electron chi connectivity index (χ3n) is 1.90. The van der Waals surface area contributed by atoms with Crippen LogP contribution in [-0.2, 0) is 0 Å². The fraction of sp³-hybridized carbons (Fsp3) is 0. The van der Waals surface area contributed by atoms with Crippen molar-refractivity contribution in [1.29, 1.82) is 0 Å². The normalized spacial score (nSPS) is 9.94. The maximum atomic E-state index is 12.6. The molecule has 0 saturated heterocycles. The molecule has 0 amide bonds. The standard InChI is InChI=1S/C11H7FN2O3/c12-8-1-3-9(4-2-8)17-11-13-5-7(6-14-11)10(15)16/h1-6H,(H,15,16). The molecule has 1 aromatic heterocycles. The predicted molar refractivity (Wildman–Crippen MR) is 55.5 cm³/mol. The lowest BCUT2D eigenvalue weighted by atomic mass is 10.3. The second-order valence-electron chi connectivity index (χ2n) is 3.12. The van der Waals surface area contributed by atoms with Crippen LogP contribution in [0, 0.1) is 5.82 Å². The maximum Gasteiger partial charge on any atom is 0.338 e. The molecule has 2 aromatic rings. The second kappa shape index (κ2) is 4.56. The van der Waals surface area contributed by atoms with Gasteiger partial charge in [0, 0.05) is 12.4 Å². The topological polar surface area (TPSA) is 72.3 Å². The van der Waals surface area contributed by atoms with Gasteiger partial charge in [-0.15, -0.1) is 0 Å². The Morgan fingerprint density at radius 1 is 1.18 bits per heavy atom. The summed E-state index contributed by atoms with van der Waals surface area (Å²) < 4.78 is 17.8. The largest absolute Gasteiger partial charge is 0.478 e. The summed E-state index contributed by atoms with van der Waals surface area (Å²) in [6.45, 7) is 0. The van der Waals surface area contributed by atoms with Crippen LogP contribution in [0.5, 0.6) is 11.8 Å². The van der Waals surface area contributed by atoms with Crippen molar-refractivity contribution < 1.29 is 19.0 Å². The van der Waals surface area contributed by atoms with Crippen LogP contribution in [0.25, 0.3) is 0 Å². The molecule has 0 aliphatic carbocycles. The average molecular weight is 234 g/mol. The quantitative estimate of drug-likeness (QED) is 0.880. The molecule has 5 nitrogen and oxygen atoms in total. The molecule has 0 saturated carbocycles. The van der Waals surface area contributed by atoms with Gasteiger partial charge in [-0.1, -0.05) is 0 Å². The van der Waals surface area contributed by atoms with Crippen molar-refractivity contribution in [3.63, 3.8) is 0 Å². The lowest BCUT2D eigenvalue weighted by molar-refractivity contribution is 0.0696. The van der Waals surface area contributed by atoms with Gasteiger partial charge < -0.3 is 9.84 Å². The fourth-order valence-electron chi connectivity index (χ4n) is 1.09. The number of halogens is 1. The molecule has 0 radical (unpaired) electrons. The van der Waals surface area contributed by atoms with E-state index in [-0.39, 0.29) is 17.4 Å². The Kier molecular flexibility index (Phi) is 2.95. The van der Waals surface area contributed by atoms with Crippen LogP contribution in [0.15, 0.2) is 36.7 Å². The third-order valence-corrected chi connectivity index (χ3v) is 1.90. The van der Waals surface area contributed by atoms with Gasteiger partial charge in [0.15, 0.2) is 0 Å². The summed E-state index contributed by atoms with van der Waals surface area (Å²) in [5.74, 6) is -1.12. The second-order valence-corrected chi connectivity index (χ2v) is 3.12. The van der Waals surface area contributed by atoms with E-state index < -0.39 is 5.97 Å². The molecule has 1 aromatic carbocycles. The van der Waals surface area contributed by atoms with Crippen molar-refractivity contribution in [2.75, 3.05) is 0 Å². The van der Waals surface area contributed by atoms with Crippen LogP contribution in [0.3, 0.4) is 0 Å². The summed E-state index contributed by atoms with van der Waals surface area (Å²) in [6, 6.07) is 5.32. The summed E-state index contributed by atoms with van der Waals surface area (Å²) in [5, 5.41) is 8.63. The van der Waals surface area contributed by atoms with Gasteiger partial charge in [-0.05, 0) is 24.3 Å². The van der Waals surface area contributed by atoms with Crippen molar-refractivity contribution in [2.24, 2.45) is 0 Å². The number of aromatic carboxylic acids is 1. The van der Waals surface area contributed by atoms with Crippen LogP contribution >= 0.6 is 0 Å². The molecule has 0 aliphatic rings. The zero-order chi connectivity index (χ0) is 12.3. The molecule has 2 rings (SSSR count). The van der Waals surface area contributed by atoms with Gasteiger partial charge in [0.25, 0.3) is 0 Å². The SMILES string of the molecule is O=C(O)c1cnc(Oc2ccc(F)cc2)nc1. The number of carboxylic acids is 1. The molecule has 1 heterocycles. The number of ether oxygens (including phenoxy) is 1. The Morgan fingerprint density at radius 3 is 2.29 bits per heavy atom. The maximum absolute atomic E-state index is 12.6. The Labute approximate surface area is 95.5 Å². The van der Waals surface area contributed by atoms with Crippen LogP contribution in [0.2, 0.25) is 0 Å². The van der Waals surface area contributed by atoms with E-state index in [4.69, 9.17) is 9.84 Å². The van der Waals surface area contributed by atoms with Crippen LogP contribution in [-0.4, -0.2) is 21.0 Å². The van der Waals surface area contributed by atoms with Crippen molar-refractivity contribution in [1.82, 2.24) is 9.97 Å². The average Bonchev–Trinajstić information content (AvgIpc) is 2.33. The molecule has 0 fully saturated rings. The smallest absolute Gasteiger partial charge is 0.338 e. The molecular weight excluding hydrogens is 227 g/mol. The minimum absolute atomic E-state index is 0.00149. The first-order chi connectivity index (χ1) is 8.15. The van der Waals surface area contributed by atoms with Crippen LogP contribution < -0.4 is 4.74 Å². The number of aromatic nitrogens is 2. The first kappa shape index (κ1) is 11.0. The van der Waals surface area contributed by atoms with E-state index in [0.717, 1.165) is 12.4 Å². The van der Waals surface area contributed by atoms with Crippen molar-refractivity contribution in [3.8, 4) is 11.8 Å². The van der Waals surface area contributed by atoms with Crippen molar-refractivity contribution >= 4 is 5.97 Å². The number of nitrogens with zero attached hydrogens (tertiary/aromatic N) is 2. The molecule has 0 bridgehead atoms. The van der Waals surface area contributed by atoms with Gasteiger partial charge in [0.05, 0.1) is 5.56 Å². The van der Waals surface area contributed by atoms with E-state index in [1.54, 1.807) is 0 Å². The summed E-state index contributed by atoms with van der Waals surface area (Å²) >= 11 is 0.